The predicted molar refractivity (Wildman–Crippen MR) is 118 cm³/mol. The van der Waals surface area contributed by atoms with Crippen LogP contribution in [0.4, 0.5) is 5.69 Å². The smallest absolute Gasteiger partial charge is 0.259 e. The number of carbonyl (C=O) groups excluding carboxylic acids is 1. The highest BCUT2D eigenvalue weighted by atomic mass is 35.5. The van der Waals surface area contributed by atoms with Crippen LogP contribution in [0.3, 0.4) is 0 Å². The Morgan fingerprint density at radius 3 is 2.52 bits per heavy atom. The fourth-order valence-electron chi connectivity index (χ4n) is 4.00. The number of aromatic nitrogens is 1. The van der Waals surface area contributed by atoms with Gasteiger partial charge in [0.2, 0.25) is 5.43 Å². The third-order valence-corrected chi connectivity index (χ3v) is 5.87. The molecule has 0 unspecified atom stereocenters. The average molecular weight is 410 g/mol. The minimum Gasteiger partial charge on any atom is -0.368 e. The second-order valence-electron chi connectivity index (χ2n) is 7.39. The van der Waals surface area contributed by atoms with Crippen molar-refractivity contribution in [3.8, 4) is 0 Å². The van der Waals surface area contributed by atoms with E-state index >= 15 is 0 Å². The Hall–Kier alpha value is -2.79. The number of aryl methyl sites for hydroxylation is 2. The maximum absolute atomic E-state index is 13.2. The number of para-hydroxylation sites is 1. The Morgan fingerprint density at radius 1 is 1.07 bits per heavy atom. The summed E-state index contributed by atoms with van der Waals surface area (Å²) in [5, 5.41) is 1.30. The lowest BCUT2D eigenvalue weighted by molar-refractivity contribution is 0.0745. The quantitative estimate of drug-likeness (QED) is 0.658. The van der Waals surface area contributed by atoms with E-state index in [2.05, 4.69) is 11.8 Å². The number of hydrogen-bond donors (Lipinski definition) is 0. The SMILES string of the molecule is CCn1cc(C(=O)N2CCN(c3cc(Cl)ccc3C)CC2)c(=O)c2ccccc21. The lowest BCUT2D eigenvalue weighted by Gasteiger charge is -2.37. The number of hydrogen-bond acceptors (Lipinski definition) is 3. The molecule has 6 heteroatoms. The molecule has 0 saturated carbocycles. The van der Waals surface area contributed by atoms with Crippen molar-refractivity contribution in [2.75, 3.05) is 31.1 Å². The predicted octanol–water partition coefficient (Wildman–Crippen LogP) is 3.95. The van der Waals surface area contributed by atoms with E-state index in [1.807, 2.05) is 47.9 Å². The second kappa shape index (κ2) is 7.91. The monoisotopic (exact) mass is 409 g/mol. The van der Waals surface area contributed by atoms with Crippen LogP contribution in [0, 0.1) is 6.92 Å². The molecule has 0 atom stereocenters. The average Bonchev–Trinajstić information content (AvgIpc) is 2.75. The van der Waals surface area contributed by atoms with Crippen LogP contribution in [0.15, 0.2) is 53.5 Å². The molecule has 150 valence electrons. The molecule has 5 nitrogen and oxygen atoms in total. The molecule has 0 N–H and O–H groups in total. The van der Waals surface area contributed by atoms with Crippen molar-refractivity contribution in [3.05, 3.63) is 75.0 Å². The van der Waals surface area contributed by atoms with Crippen molar-refractivity contribution < 1.29 is 4.79 Å². The van der Waals surface area contributed by atoms with Crippen molar-refractivity contribution in [2.45, 2.75) is 20.4 Å². The molecule has 1 aliphatic heterocycles. The van der Waals surface area contributed by atoms with Gasteiger partial charge in [0.15, 0.2) is 0 Å². The Morgan fingerprint density at radius 2 is 1.79 bits per heavy atom. The van der Waals surface area contributed by atoms with Gasteiger partial charge in [-0.2, -0.15) is 0 Å². The van der Waals surface area contributed by atoms with Gasteiger partial charge in [0.25, 0.3) is 5.91 Å². The van der Waals surface area contributed by atoms with Crippen molar-refractivity contribution in [1.29, 1.82) is 0 Å². The number of pyridine rings is 1. The number of rotatable bonds is 3. The van der Waals surface area contributed by atoms with Crippen LogP contribution in [0.25, 0.3) is 10.9 Å². The first-order chi connectivity index (χ1) is 14.0. The summed E-state index contributed by atoms with van der Waals surface area (Å²) >= 11 is 6.16. The Labute approximate surface area is 175 Å². The molecular weight excluding hydrogens is 386 g/mol. The molecule has 0 aliphatic carbocycles. The molecule has 29 heavy (non-hydrogen) atoms. The number of nitrogens with zero attached hydrogens (tertiary/aromatic N) is 3. The lowest BCUT2D eigenvalue weighted by Crippen LogP contribution is -2.49. The van der Waals surface area contributed by atoms with Gasteiger partial charge in [-0.25, -0.2) is 0 Å². The lowest BCUT2D eigenvalue weighted by atomic mass is 10.1. The highest BCUT2D eigenvalue weighted by molar-refractivity contribution is 6.30. The maximum atomic E-state index is 13.2. The van der Waals surface area contributed by atoms with E-state index in [0.29, 0.717) is 43.1 Å². The van der Waals surface area contributed by atoms with Crippen molar-refractivity contribution in [2.24, 2.45) is 0 Å². The zero-order valence-corrected chi connectivity index (χ0v) is 17.4. The van der Waals surface area contributed by atoms with Gasteiger partial charge in [-0.15, -0.1) is 0 Å². The van der Waals surface area contributed by atoms with Crippen LogP contribution in [0.2, 0.25) is 5.02 Å². The number of halogens is 1. The summed E-state index contributed by atoms with van der Waals surface area (Å²) in [6.45, 7) is 7.34. The van der Waals surface area contributed by atoms with E-state index in [1.54, 1.807) is 17.2 Å². The Bertz CT molecular complexity index is 1130. The third kappa shape index (κ3) is 3.62. The summed E-state index contributed by atoms with van der Waals surface area (Å²) in [5.41, 5.74) is 3.18. The number of carbonyl (C=O) groups is 1. The number of benzene rings is 2. The summed E-state index contributed by atoms with van der Waals surface area (Å²) in [7, 11) is 0. The molecule has 4 rings (SSSR count). The van der Waals surface area contributed by atoms with Gasteiger partial charge >= 0.3 is 0 Å². The van der Waals surface area contributed by atoms with Crippen molar-refractivity contribution in [1.82, 2.24) is 9.47 Å². The van der Waals surface area contributed by atoms with Crippen LogP contribution in [0.5, 0.6) is 0 Å². The fourth-order valence-corrected chi connectivity index (χ4v) is 4.17. The van der Waals surface area contributed by atoms with Gasteiger partial charge in [-0.3, -0.25) is 9.59 Å². The van der Waals surface area contributed by atoms with Gasteiger partial charge in [0.05, 0.1) is 5.52 Å². The zero-order chi connectivity index (χ0) is 20.5. The van der Waals surface area contributed by atoms with Gasteiger partial charge in [-0.05, 0) is 43.7 Å². The largest absolute Gasteiger partial charge is 0.368 e. The van der Waals surface area contributed by atoms with E-state index in [4.69, 9.17) is 11.6 Å². The summed E-state index contributed by atoms with van der Waals surface area (Å²) in [6, 6.07) is 13.3. The van der Waals surface area contributed by atoms with Gasteiger partial charge in [-0.1, -0.05) is 29.8 Å². The standard InChI is InChI=1S/C23H24ClN3O2/c1-3-25-15-19(22(28)18-6-4-5-7-20(18)25)23(29)27-12-10-26(11-13-27)21-14-17(24)9-8-16(21)2/h4-9,14-15H,3,10-13H2,1-2H3. The molecule has 3 aromatic rings. The Balaban J connectivity index is 1.58. The molecule has 1 aromatic heterocycles. The summed E-state index contributed by atoms with van der Waals surface area (Å²) in [6.07, 6.45) is 1.71. The molecule has 2 aromatic carbocycles. The van der Waals surface area contributed by atoms with Crippen LogP contribution in [-0.4, -0.2) is 41.6 Å². The van der Waals surface area contributed by atoms with E-state index in [-0.39, 0.29) is 16.9 Å². The zero-order valence-electron chi connectivity index (χ0n) is 16.7. The first kappa shape index (κ1) is 19.5. The third-order valence-electron chi connectivity index (χ3n) is 5.64. The summed E-state index contributed by atoms with van der Waals surface area (Å²) < 4.78 is 1.97. The summed E-state index contributed by atoms with van der Waals surface area (Å²) in [5.74, 6) is -0.189. The van der Waals surface area contributed by atoms with Crippen LogP contribution >= 0.6 is 11.6 Å². The highest BCUT2D eigenvalue weighted by Gasteiger charge is 2.25. The van der Waals surface area contributed by atoms with Crippen LogP contribution in [-0.2, 0) is 6.54 Å². The van der Waals surface area contributed by atoms with E-state index in [0.717, 1.165) is 16.8 Å². The van der Waals surface area contributed by atoms with Crippen LogP contribution in [0.1, 0.15) is 22.8 Å². The van der Waals surface area contributed by atoms with E-state index < -0.39 is 0 Å². The first-order valence-electron chi connectivity index (χ1n) is 9.92. The fraction of sp³-hybridized carbons (Fsp3) is 0.304. The van der Waals surface area contributed by atoms with Crippen molar-refractivity contribution in [3.63, 3.8) is 0 Å². The molecule has 1 amide bonds. The minimum absolute atomic E-state index is 0.189. The van der Waals surface area contributed by atoms with Crippen molar-refractivity contribution >= 4 is 34.1 Å². The topological polar surface area (TPSA) is 45.6 Å². The second-order valence-corrected chi connectivity index (χ2v) is 7.82. The van der Waals surface area contributed by atoms with Crippen LogP contribution < -0.4 is 10.3 Å². The highest BCUT2D eigenvalue weighted by Crippen LogP contribution is 2.25. The normalized spacial score (nSPS) is 14.4. The number of piperazine rings is 1. The molecule has 1 fully saturated rings. The van der Waals surface area contributed by atoms with Gasteiger partial charge < -0.3 is 14.4 Å². The maximum Gasteiger partial charge on any atom is 0.259 e. The molecular formula is C23H24ClN3O2. The number of anilines is 1. The van der Waals surface area contributed by atoms with E-state index in [1.165, 1.54) is 0 Å². The molecule has 0 spiro atoms. The van der Waals surface area contributed by atoms with E-state index in [9.17, 15) is 9.59 Å². The van der Waals surface area contributed by atoms with Gasteiger partial charge in [0.1, 0.15) is 5.56 Å². The molecule has 1 saturated heterocycles. The summed E-state index contributed by atoms with van der Waals surface area (Å²) in [4.78, 5) is 30.2. The molecule has 1 aliphatic rings. The number of fused-ring (bicyclic) bond motifs is 1. The number of amides is 1. The molecule has 0 bridgehead atoms. The first-order valence-corrected chi connectivity index (χ1v) is 10.3. The van der Waals surface area contributed by atoms with Gasteiger partial charge in [0, 0.05) is 55.0 Å². The molecule has 2 heterocycles. The Kier molecular flexibility index (Phi) is 5.33. The molecule has 0 radical (unpaired) electrons. The minimum atomic E-state index is -0.191.